The molecular formula is C18H31NO. The van der Waals surface area contributed by atoms with E-state index in [0.29, 0.717) is 5.92 Å². The molecule has 1 N–H and O–H groups in total. The van der Waals surface area contributed by atoms with Crippen LogP contribution in [0.5, 0.6) is 0 Å². The van der Waals surface area contributed by atoms with E-state index in [0.717, 1.165) is 32.4 Å². The van der Waals surface area contributed by atoms with Gasteiger partial charge in [0.1, 0.15) is 0 Å². The van der Waals surface area contributed by atoms with Crippen LogP contribution in [0.2, 0.25) is 0 Å². The predicted octanol–water partition coefficient (Wildman–Crippen LogP) is 3.92. The van der Waals surface area contributed by atoms with E-state index < -0.39 is 0 Å². The van der Waals surface area contributed by atoms with E-state index in [1.165, 1.54) is 37.0 Å². The van der Waals surface area contributed by atoms with Crippen LogP contribution in [0, 0.1) is 5.92 Å². The minimum Gasteiger partial charge on any atom is -0.390 e. The van der Waals surface area contributed by atoms with Crippen LogP contribution in [0.4, 0.5) is 0 Å². The topological polar surface area (TPSA) is 23.5 Å². The van der Waals surface area contributed by atoms with Gasteiger partial charge >= 0.3 is 0 Å². The van der Waals surface area contributed by atoms with Gasteiger partial charge in [0.05, 0.1) is 5.60 Å². The molecule has 0 aromatic rings. The van der Waals surface area contributed by atoms with Crippen LogP contribution in [0.25, 0.3) is 0 Å². The Balaban J connectivity index is 1.73. The van der Waals surface area contributed by atoms with Crippen molar-refractivity contribution in [2.24, 2.45) is 5.92 Å². The van der Waals surface area contributed by atoms with Crippen LogP contribution in [0.1, 0.15) is 59.3 Å². The minimum absolute atomic E-state index is 0.291. The Morgan fingerprint density at radius 2 is 2.00 bits per heavy atom. The molecule has 2 nitrogen and oxygen atoms in total. The Hall–Kier alpha value is -0.600. The van der Waals surface area contributed by atoms with Crippen LogP contribution in [0.15, 0.2) is 23.3 Å². The molecule has 1 aliphatic carbocycles. The van der Waals surface area contributed by atoms with Gasteiger partial charge in [-0.25, -0.2) is 0 Å². The molecule has 0 aromatic carbocycles. The van der Waals surface area contributed by atoms with Crippen molar-refractivity contribution >= 4 is 0 Å². The number of hydrogen-bond donors (Lipinski definition) is 1. The molecule has 20 heavy (non-hydrogen) atoms. The quantitative estimate of drug-likeness (QED) is 0.744. The normalized spacial score (nSPS) is 26.4. The van der Waals surface area contributed by atoms with Crippen molar-refractivity contribution in [2.45, 2.75) is 64.9 Å². The minimum atomic E-state index is -0.291. The van der Waals surface area contributed by atoms with E-state index in [-0.39, 0.29) is 5.60 Å². The number of allylic oxidation sites excluding steroid dienone is 3. The van der Waals surface area contributed by atoms with Crippen molar-refractivity contribution in [3.05, 3.63) is 23.3 Å². The third-order valence-corrected chi connectivity index (χ3v) is 4.82. The lowest BCUT2D eigenvalue weighted by Gasteiger charge is -2.34. The van der Waals surface area contributed by atoms with Gasteiger partial charge in [-0.05, 0) is 65.8 Å². The fraction of sp³-hybridized carbons (Fsp3) is 0.778. The summed E-state index contributed by atoms with van der Waals surface area (Å²) in [5.41, 5.74) is 2.62. The molecular weight excluding hydrogens is 246 g/mol. The summed E-state index contributed by atoms with van der Waals surface area (Å²) in [7, 11) is 0. The second kappa shape index (κ2) is 6.91. The van der Waals surface area contributed by atoms with Gasteiger partial charge < -0.3 is 5.11 Å². The first-order chi connectivity index (χ1) is 9.49. The summed E-state index contributed by atoms with van der Waals surface area (Å²) < 4.78 is 0. The number of aliphatic hydroxyl groups is 1. The van der Waals surface area contributed by atoms with Crippen molar-refractivity contribution in [3.8, 4) is 0 Å². The lowest BCUT2D eigenvalue weighted by Crippen LogP contribution is -2.41. The first-order valence-electron chi connectivity index (χ1n) is 8.23. The number of piperidine rings is 1. The van der Waals surface area contributed by atoms with Gasteiger partial charge in [0.25, 0.3) is 0 Å². The van der Waals surface area contributed by atoms with Crippen molar-refractivity contribution in [1.29, 1.82) is 0 Å². The molecule has 2 rings (SSSR count). The molecule has 114 valence electrons. The lowest BCUT2D eigenvalue weighted by molar-refractivity contribution is 0.0349. The number of likely N-dealkylation sites (tertiary alicyclic amines) is 1. The molecule has 2 aliphatic rings. The largest absolute Gasteiger partial charge is 0.390 e. The van der Waals surface area contributed by atoms with E-state index >= 15 is 0 Å². The smallest absolute Gasteiger partial charge is 0.0690 e. The Labute approximate surface area is 124 Å². The van der Waals surface area contributed by atoms with Crippen molar-refractivity contribution in [3.63, 3.8) is 0 Å². The van der Waals surface area contributed by atoms with E-state index in [9.17, 15) is 5.11 Å². The summed E-state index contributed by atoms with van der Waals surface area (Å²) in [6.45, 7) is 9.92. The van der Waals surface area contributed by atoms with Gasteiger partial charge in [0.15, 0.2) is 0 Å². The fourth-order valence-corrected chi connectivity index (χ4v) is 3.17. The molecule has 1 heterocycles. The fourth-order valence-electron chi connectivity index (χ4n) is 3.17. The van der Waals surface area contributed by atoms with Gasteiger partial charge in [0.2, 0.25) is 0 Å². The van der Waals surface area contributed by atoms with Crippen molar-refractivity contribution in [2.75, 3.05) is 19.6 Å². The molecule has 2 heteroatoms. The highest BCUT2D eigenvalue weighted by atomic mass is 16.3. The maximum absolute atomic E-state index is 10.3. The maximum atomic E-state index is 10.3. The predicted molar refractivity (Wildman–Crippen MR) is 85.8 cm³/mol. The first-order valence-corrected chi connectivity index (χ1v) is 8.23. The number of nitrogens with zero attached hydrogens (tertiary/aromatic N) is 1. The molecule has 0 aromatic heterocycles. The van der Waals surface area contributed by atoms with Gasteiger partial charge in [-0.1, -0.05) is 23.3 Å². The lowest BCUT2D eigenvalue weighted by atomic mass is 9.90. The highest BCUT2D eigenvalue weighted by molar-refractivity contribution is 5.05. The number of rotatable bonds is 6. The van der Waals surface area contributed by atoms with E-state index in [2.05, 4.69) is 37.8 Å². The Kier molecular flexibility index (Phi) is 5.45. The molecule has 0 spiro atoms. The van der Waals surface area contributed by atoms with Crippen LogP contribution < -0.4 is 0 Å². The zero-order chi connectivity index (χ0) is 14.6. The monoisotopic (exact) mass is 277 g/mol. The van der Waals surface area contributed by atoms with E-state index in [1.54, 1.807) is 0 Å². The summed E-state index contributed by atoms with van der Waals surface area (Å²) in [5.74, 6) is 0.524. The molecule has 1 unspecified atom stereocenters. The first kappa shape index (κ1) is 15.8. The van der Waals surface area contributed by atoms with E-state index in [4.69, 9.17) is 0 Å². The summed E-state index contributed by atoms with van der Waals surface area (Å²) in [5, 5.41) is 10.3. The average Bonchev–Trinajstić information content (AvgIpc) is 3.16. The summed E-state index contributed by atoms with van der Waals surface area (Å²) >= 11 is 0. The molecule has 1 aliphatic heterocycles. The second-order valence-corrected chi connectivity index (χ2v) is 7.07. The van der Waals surface area contributed by atoms with Gasteiger partial charge in [-0.3, -0.25) is 4.90 Å². The van der Waals surface area contributed by atoms with Gasteiger partial charge in [0, 0.05) is 19.0 Å². The van der Waals surface area contributed by atoms with Gasteiger partial charge in [-0.15, -0.1) is 0 Å². The van der Waals surface area contributed by atoms with Gasteiger partial charge in [-0.2, -0.15) is 0 Å². The SMILES string of the molecule is CC(C)=CCCC(C)=CCN1CCCC(C2(O)CC2)C1. The Bertz CT molecular complexity index is 375. The van der Waals surface area contributed by atoms with Crippen LogP contribution in [0.3, 0.4) is 0 Å². The van der Waals surface area contributed by atoms with Crippen LogP contribution in [-0.2, 0) is 0 Å². The second-order valence-electron chi connectivity index (χ2n) is 7.07. The molecule has 0 radical (unpaired) electrons. The molecule has 1 atom stereocenters. The summed E-state index contributed by atoms with van der Waals surface area (Å²) in [4.78, 5) is 2.52. The average molecular weight is 277 g/mol. The molecule has 0 bridgehead atoms. The molecule has 1 saturated carbocycles. The Morgan fingerprint density at radius 3 is 2.65 bits per heavy atom. The third-order valence-electron chi connectivity index (χ3n) is 4.82. The third kappa shape index (κ3) is 4.75. The van der Waals surface area contributed by atoms with Crippen LogP contribution >= 0.6 is 0 Å². The summed E-state index contributed by atoms with van der Waals surface area (Å²) in [6.07, 6.45) is 11.6. The zero-order valence-corrected chi connectivity index (χ0v) is 13.5. The number of hydrogen-bond acceptors (Lipinski definition) is 2. The van der Waals surface area contributed by atoms with Crippen molar-refractivity contribution in [1.82, 2.24) is 4.90 Å². The Morgan fingerprint density at radius 1 is 1.25 bits per heavy atom. The highest BCUT2D eigenvalue weighted by Crippen LogP contribution is 2.45. The highest BCUT2D eigenvalue weighted by Gasteiger charge is 2.48. The maximum Gasteiger partial charge on any atom is 0.0690 e. The van der Waals surface area contributed by atoms with Crippen LogP contribution in [-0.4, -0.2) is 35.2 Å². The zero-order valence-electron chi connectivity index (χ0n) is 13.5. The molecule has 0 amide bonds. The van der Waals surface area contributed by atoms with E-state index in [1.807, 2.05) is 0 Å². The molecule has 2 fully saturated rings. The standard InChI is InChI=1S/C18H31NO/c1-15(2)6-4-7-16(3)9-13-19-12-5-8-17(14-19)18(20)10-11-18/h6,9,17,20H,4-5,7-8,10-14H2,1-3H3. The summed E-state index contributed by atoms with van der Waals surface area (Å²) in [6, 6.07) is 0. The molecule has 1 saturated heterocycles. The van der Waals surface area contributed by atoms with Crippen molar-refractivity contribution < 1.29 is 5.11 Å².